The van der Waals surface area contributed by atoms with Crippen molar-refractivity contribution in [3.05, 3.63) is 17.4 Å². The molecule has 5 nitrogen and oxygen atoms in total. The van der Waals surface area contributed by atoms with Crippen LogP contribution in [-0.4, -0.2) is 33.9 Å². The van der Waals surface area contributed by atoms with Crippen molar-refractivity contribution in [3.8, 4) is 6.07 Å². The molecule has 2 aromatic heterocycles. The van der Waals surface area contributed by atoms with Crippen molar-refractivity contribution >= 4 is 28.3 Å². The van der Waals surface area contributed by atoms with Gasteiger partial charge in [-0.1, -0.05) is 11.6 Å². The Bertz CT molecular complexity index is 625. The summed E-state index contributed by atoms with van der Waals surface area (Å²) in [5, 5.41) is 16.6. The summed E-state index contributed by atoms with van der Waals surface area (Å²) in [6, 6.07) is 3.30. The first-order valence-corrected chi connectivity index (χ1v) is 5.34. The number of hydrogen-bond acceptors (Lipinski definition) is 4. The molecule has 86 valence electrons. The van der Waals surface area contributed by atoms with E-state index in [0.717, 1.165) is 10.9 Å². The number of nitriles is 1. The summed E-state index contributed by atoms with van der Waals surface area (Å²) in [7, 11) is 0. The zero-order valence-corrected chi connectivity index (χ0v) is 9.37. The highest BCUT2D eigenvalue weighted by Crippen LogP contribution is 2.33. The molecule has 1 saturated heterocycles. The van der Waals surface area contributed by atoms with E-state index in [1.54, 1.807) is 23.2 Å². The maximum atomic E-state index is 13.5. The average Bonchev–Trinajstić information content (AvgIpc) is 2.67. The molecule has 7 heteroatoms. The minimum Gasteiger partial charge on any atom is -0.346 e. The third kappa shape index (κ3) is 1.51. The molecular formula is C10H7ClFN5. The number of anilines is 1. The van der Waals surface area contributed by atoms with Gasteiger partial charge in [-0.25, -0.2) is 9.37 Å². The highest BCUT2D eigenvalue weighted by Gasteiger charge is 2.45. The monoisotopic (exact) mass is 251 g/mol. The van der Waals surface area contributed by atoms with Crippen LogP contribution in [0.2, 0.25) is 5.15 Å². The largest absolute Gasteiger partial charge is 0.346 e. The topological polar surface area (TPSA) is 68.6 Å². The fraction of sp³-hybridized carbons (Fsp3) is 0.300. The molecule has 3 rings (SSSR count). The Balaban J connectivity index is 1.96. The molecule has 17 heavy (non-hydrogen) atoms. The van der Waals surface area contributed by atoms with Crippen LogP contribution in [0.15, 0.2) is 12.3 Å². The Morgan fingerprint density at radius 2 is 2.35 bits per heavy atom. The summed E-state index contributed by atoms with van der Waals surface area (Å²) in [6.07, 6.45) is 1.58. The number of halogens is 2. The SMILES string of the molecule is N#CC1(F)CN(c2n[nH]c3cc(Cl)ncc23)C1. The summed E-state index contributed by atoms with van der Waals surface area (Å²) in [5.41, 5.74) is -1.01. The Labute approximate surface area is 101 Å². The summed E-state index contributed by atoms with van der Waals surface area (Å²) in [5.74, 6) is 0.604. The fourth-order valence-electron chi connectivity index (χ4n) is 1.89. The van der Waals surface area contributed by atoms with Gasteiger partial charge in [0.05, 0.1) is 24.0 Å². The Morgan fingerprint density at radius 1 is 1.59 bits per heavy atom. The molecule has 0 atom stereocenters. The van der Waals surface area contributed by atoms with Gasteiger partial charge in [0, 0.05) is 12.3 Å². The lowest BCUT2D eigenvalue weighted by Gasteiger charge is -2.40. The molecule has 1 fully saturated rings. The van der Waals surface area contributed by atoms with E-state index in [1.807, 2.05) is 0 Å². The molecule has 0 amide bonds. The number of nitrogens with zero attached hydrogens (tertiary/aromatic N) is 4. The molecule has 3 heterocycles. The molecule has 0 aliphatic carbocycles. The van der Waals surface area contributed by atoms with Crippen LogP contribution in [0.1, 0.15) is 0 Å². The minimum atomic E-state index is -1.76. The fourth-order valence-corrected chi connectivity index (χ4v) is 2.05. The molecular weight excluding hydrogens is 245 g/mol. The van der Waals surface area contributed by atoms with Crippen LogP contribution in [0, 0.1) is 11.3 Å². The van der Waals surface area contributed by atoms with Gasteiger partial charge in [-0.3, -0.25) is 5.10 Å². The first-order chi connectivity index (χ1) is 8.11. The number of rotatable bonds is 1. The van der Waals surface area contributed by atoms with Crippen LogP contribution in [0.3, 0.4) is 0 Å². The van der Waals surface area contributed by atoms with Gasteiger partial charge in [-0.15, -0.1) is 0 Å². The zero-order valence-electron chi connectivity index (χ0n) is 8.61. The van der Waals surface area contributed by atoms with Crippen LogP contribution in [0.25, 0.3) is 10.9 Å². The number of alkyl halides is 1. The summed E-state index contributed by atoms with van der Waals surface area (Å²) < 4.78 is 13.5. The average molecular weight is 252 g/mol. The number of H-pyrrole nitrogens is 1. The molecule has 0 spiro atoms. The van der Waals surface area contributed by atoms with Crippen molar-refractivity contribution < 1.29 is 4.39 Å². The molecule has 0 aromatic carbocycles. The summed E-state index contributed by atoms with van der Waals surface area (Å²) >= 11 is 5.75. The highest BCUT2D eigenvalue weighted by molar-refractivity contribution is 6.30. The highest BCUT2D eigenvalue weighted by atomic mass is 35.5. The predicted molar refractivity (Wildman–Crippen MR) is 60.6 cm³/mol. The van der Waals surface area contributed by atoms with E-state index in [-0.39, 0.29) is 13.1 Å². The molecule has 0 bridgehead atoms. The molecule has 1 aliphatic heterocycles. The Morgan fingerprint density at radius 3 is 3.06 bits per heavy atom. The van der Waals surface area contributed by atoms with E-state index in [0.29, 0.717) is 11.0 Å². The zero-order chi connectivity index (χ0) is 12.0. The lowest BCUT2D eigenvalue weighted by atomic mass is 9.98. The molecule has 0 unspecified atom stereocenters. The second-order valence-corrected chi connectivity index (χ2v) is 4.42. The van der Waals surface area contributed by atoms with Crippen LogP contribution < -0.4 is 4.90 Å². The second-order valence-electron chi connectivity index (χ2n) is 4.03. The number of hydrogen-bond donors (Lipinski definition) is 1. The van der Waals surface area contributed by atoms with Gasteiger partial charge in [0.1, 0.15) is 11.2 Å². The van der Waals surface area contributed by atoms with Crippen LogP contribution >= 0.6 is 11.6 Å². The molecule has 0 radical (unpaired) electrons. The van der Waals surface area contributed by atoms with E-state index < -0.39 is 5.67 Å². The van der Waals surface area contributed by atoms with Gasteiger partial charge in [0.25, 0.3) is 0 Å². The Hall–Kier alpha value is -1.87. The van der Waals surface area contributed by atoms with Crippen LogP contribution in [-0.2, 0) is 0 Å². The van der Waals surface area contributed by atoms with Crippen molar-refractivity contribution in [2.45, 2.75) is 5.67 Å². The predicted octanol–water partition coefficient (Wildman–Crippen LogP) is 1.66. The van der Waals surface area contributed by atoms with Gasteiger partial charge in [-0.2, -0.15) is 10.4 Å². The van der Waals surface area contributed by atoms with E-state index in [1.165, 1.54) is 0 Å². The van der Waals surface area contributed by atoms with E-state index in [9.17, 15) is 4.39 Å². The molecule has 1 aliphatic rings. The van der Waals surface area contributed by atoms with Gasteiger partial charge in [0.15, 0.2) is 5.82 Å². The quantitative estimate of drug-likeness (QED) is 0.783. The van der Waals surface area contributed by atoms with Crippen molar-refractivity contribution in [1.29, 1.82) is 5.26 Å². The molecule has 1 N–H and O–H groups in total. The van der Waals surface area contributed by atoms with Gasteiger partial charge >= 0.3 is 0 Å². The normalized spacial score (nSPS) is 17.8. The number of aromatic nitrogens is 3. The molecule has 2 aromatic rings. The van der Waals surface area contributed by atoms with Crippen molar-refractivity contribution in [2.24, 2.45) is 0 Å². The van der Waals surface area contributed by atoms with Gasteiger partial charge < -0.3 is 4.90 Å². The first-order valence-electron chi connectivity index (χ1n) is 4.96. The van der Waals surface area contributed by atoms with Gasteiger partial charge in [0.2, 0.25) is 5.67 Å². The standard InChI is InChI=1S/C10H7ClFN5/c11-8-1-7-6(2-14-8)9(16-15-7)17-4-10(12,3-13)5-17/h1-2H,4-5H2,(H,15,16). The maximum Gasteiger partial charge on any atom is 0.230 e. The van der Waals surface area contributed by atoms with Gasteiger partial charge in [-0.05, 0) is 0 Å². The van der Waals surface area contributed by atoms with E-state index in [2.05, 4.69) is 15.2 Å². The smallest absolute Gasteiger partial charge is 0.230 e. The van der Waals surface area contributed by atoms with E-state index in [4.69, 9.17) is 16.9 Å². The van der Waals surface area contributed by atoms with Crippen molar-refractivity contribution in [3.63, 3.8) is 0 Å². The van der Waals surface area contributed by atoms with Crippen molar-refractivity contribution in [2.75, 3.05) is 18.0 Å². The molecule has 0 saturated carbocycles. The van der Waals surface area contributed by atoms with Crippen LogP contribution in [0.5, 0.6) is 0 Å². The third-order valence-electron chi connectivity index (χ3n) is 2.78. The lowest BCUT2D eigenvalue weighted by Crippen LogP contribution is -2.58. The first kappa shape index (κ1) is 10.3. The van der Waals surface area contributed by atoms with Crippen molar-refractivity contribution in [1.82, 2.24) is 15.2 Å². The summed E-state index contributed by atoms with van der Waals surface area (Å²) in [6.45, 7) is 0.0676. The number of nitrogens with one attached hydrogen (secondary N) is 1. The minimum absolute atomic E-state index is 0.0338. The lowest BCUT2D eigenvalue weighted by molar-refractivity contribution is 0.188. The van der Waals surface area contributed by atoms with Crippen LogP contribution in [0.4, 0.5) is 10.2 Å². The second kappa shape index (κ2) is 3.31. The van der Waals surface area contributed by atoms with E-state index >= 15 is 0 Å². The summed E-state index contributed by atoms with van der Waals surface area (Å²) in [4.78, 5) is 5.65. The number of fused-ring (bicyclic) bond motifs is 1. The Kier molecular flexibility index (Phi) is 2.00. The number of aromatic amines is 1. The maximum absolute atomic E-state index is 13.5. The third-order valence-corrected chi connectivity index (χ3v) is 2.98. The number of pyridine rings is 1.